The van der Waals surface area contributed by atoms with Crippen molar-refractivity contribution in [3.05, 3.63) is 17.7 Å². The maximum absolute atomic E-state index is 9.85. The summed E-state index contributed by atoms with van der Waals surface area (Å²) in [5, 5.41) is 28.6. The molecular formula is C12H17NO3. The number of hydrogen-bond donors (Lipinski definition) is 4. The lowest BCUT2D eigenvalue weighted by Crippen LogP contribution is -2.36. The van der Waals surface area contributed by atoms with Crippen LogP contribution in [0.4, 0.5) is 0 Å². The fraction of sp³-hybridized carbons (Fsp3) is 0.500. The van der Waals surface area contributed by atoms with Gasteiger partial charge in [0.05, 0.1) is 0 Å². The summed E-state index contributed by atoms with van der Waals surface area (Å²) in [6, 6.07) is 3.10. The van der Waals surface area contributed by atoms with Gasteiger partial charge in [-0.25, -0.2) is 0 Å². The molecule has 1 fully saturated rings. The molecule has 0 radical (unpaired) electrons. The zero-order chi connectivity index (χ0) is 11.8. The third-order valence-electron chi connectivity index (χ3n) is 3.63. The zero-order valence-corrected chi connectivity index (χ0v) is 9.11. The molecule has 0 saturated heterocycles. The third kappa shape index (κ3) is 1.50. The van der Waals surface area contributed by atoms with Crippen molar-refractivity contribution in [2.24, 2.45) is 5.73 Å². The van der Waals surface area contributed by atoms with Gasteiger partial charge < -0.3 is 21.1 Å². The van der Waals surface area contributed by atoms with Crippen molar-refractivity contribution < 1.29 is 15.3 Å². The van der Waals surface area contributed by atoms with Crippen LogP contribution in [-0.4, -0.2) is 21.9 Å². The summed E-state index contributed by atoms with van der Waals surface area (Å²) in [5.41, 5.74) is 6.19. The molecule has 0 heterocycles. The van der Waals surface area contributed by atoms with E-state index in [1.54, 1.807) is 6.07 Å². The Labute approximate surface area is 94.3 Å². The van der Waals surface area contributed by atoms with Crippen LogP contribution in [0.1, 0.15) is 31.2 Å². The topological polar surface area (TPSA) is 86.7 Å². The van der Waals surface area contributed by atoms with Crippen molar-refractivity contribution >= 4 is 0 Å². The average Bonchev–Trinajstić information content (AvgIpc) is 2.21. The second-order valence-electron chi connectivity index (χ2n) is 4.50. The first kappa shape index (κ1) is 11.1. The van der Waals surface area contributed by atoms with Gasteiger partial charge in [-0.3, -0.25) is 0 Å². The highest BCUT2D eigenvalue weighted by molar-refractivity contribution is 5.56. The van der Waals surface area contributed by atoms with Crippen LogP contribution in [0.2, 0.25) is 0 Å². The van der Waals surface area contributed by atoms with E-state index in [1.807, 2.05) is 0 Å². The molecule has 1 aromatic carbocycles. The number of hydrogen-bond acceptors (Lipinski definition) is 4. The van der Waals surface area contributed by atoms with E-state index >= 15 is 0 Å². The Morgan fingerprint density at radius 2 is 1.81 bits per heavy atom. The first-order chi connectivity index (χ1) is 7.60. The molecular weight excluding hydrogens is 206 g/mol. The summed E-state index contributed by atoms with van der Waals surface area (Å²) in [5.74, 6) is -0.919. The fourth-order valence-corrected chi connectivity index (χ4v) is 2.53. The molecule has 0 spiro atoms. The van der Waals surface area contributed by atoms with Gasteiger partial charge in [0.2, 0.25) is 5.75 Å². The summed E-state index contributed by atoms with van der Waals surface area (Å²) in [7, 11) is 0. The lowest BCUT2D eigenvalue weighted by Gasteiger charge is -2.42. The molecule has 4 heteroatoms. The van der Waals surface area contributed by atoms with E-state index in [4.69, 9.17) is 5.73 Å². The van der Waals surface area contributed by atoms with Gasteiger partial charge in [0, 0.05) is 11.0 Å². The standard InChI is InChI=1S/C12H17NO3/c13-7-6-12(4-1-5-12)8-2-3-9(14)11(16)10(8)15/h2-3,14-16H,1,4-7,13H2. The Morgan fingerprint density at radius 1 is 1.12 bits per heavy atom. The van der Waals surface area contributed by atoms with Crippen LogP contribution in [0.25, 0.3) is 0 Å². The Kier molecular flexibility index (Phi) is 2.68. The van der Waals surface area contributed by atoms with E-state index in [2.05, 4.69) is 0 Å². The Morgan fingerprint density at radius 3 is 2.31 bits per heavy atom. The van der Waals surface area contributed by atoms with Crippen LogP contribution in [0.15, 0.2) is 12.1 Å². The van der Waals surface area contributed by atoms with Crippen LogP contribution >= 0.6 is 0 Å². The molecule has 2 rings (SSSR count). The summed E-state index contributed by atoms with van der Waals surface area (Å²) in [6.07, 6.45) is 3.86. The van der Waals surface area contributed by atoms with Crippen LogP contribution in [0.3, 0.4) is 0 Å². The first-order valence-corrected chi connectivity index (χ1v) is 5.55. The maximum atomic E-state index is 9.85. The first-order valence-electron chi connectivity index (χ1n) is 5.55. The van der Waals surface area contributed by atoms with Crippen molar-refractivity contribution in [3.63, 3.8) is 0 Å². The SMILES string of the molecule is NCCC1(c2ccc(O)c(O)c2O)CCC1. The van der Waals surface area contributed by atoms with Crippen LogP contribution in [0, 0.1) is 0 Å². The molecule has 0 aromatic heterocycles. The van der Waals surface area contributed by atoms with Crippen LogP contribution in [-0.2, 0) is 5.41 Å². The van der Waals surface area contributed by atoms with Crippen LogP contribution in [0.5, 0.6) is 17.2 Å². The molecule has 88 valence electrons. The molecule has 1 saturated carbocycles. The van der Waals surface area contributed by atoms with Crippen LogP contribution < -0.4 is 5.73 Å². The molecule has 0 amide bonds. The molecule has 0 bridgehead atoms. The van der Waals surface area contributed by atoms with E-state index in [9.17, 15) is 15.3 Å². The predicted octanol–water partition coefficient (Wildman–Crippen LogP) is 1.57. The van der Waals surface area contributed by atoms with Crippen molar-refractivity contribution in [2.45, 2.75) is 31.1 Å². The number of benzene rings is 1. The Hall–Kier alpha value is -1.42. The van der Waals surface area contributed by atoms with Crippen molar-refractivity contribution in [2.75, 3.05) is 6.54 Å². The van der Waals surface area contributed by atoms with Gasteiger partial charge in [0.15, 0.2) is 11.5 Å². The summed E-state index contributed by atoms with van der Waals surface area (Å²) >= 11 is 0. The van der Waals surface area contributed by atoms with E-state index < -0.39 is 5.75 Å². The molecule has 1 aromatic rings. The summed E-state index contributed by atoms with van der Waals surface area (Å²) in [6.45, 7) is 0.557. The second-order valence-corrected chi connectivity index (χ2v) is 4.50. The number of nitrogens with two attached hydrogens (primary N) is 1. The molecule has 1 aliphatic carbocycles. The van der Waals surface area contributed by atoms with E-state index in [1.165, 1.54) is 6.07 Å². The molecule has 4 nitrogen and oxygen atoms in total. The van der Waals surface area contributed by atoms with Crippen molar-refractivity contribution in [1.29, 1.82) is 0 Å². The predicted molar refractivity (Wildman–Crippen MR) is 60.6 cm³/mol. The lowest BCUT2D eigenvalue weighted by molar-refractivity contribution is 0.220. The molecule has 0 aliphatic heterocycles. The molecule has 1 aliphatic rings. The average molecular weight is 223 g/mol. The van der Waals surface area contributed by atoms with E-state index in [-0.39, 0.29) is 16.9 Å². The quantitative estimate of drug-likeness (QED) is 0.586. The van der Waals surface area contributed by atoms with Crippen molar-refractivity contribution in [1.82, 2.24) is 0 Å². The number of rotatable bonds is 3. The van der Waals surface area contributed by atoms with Gasteiger partial charge in [-0.2, -0.15) is 0 Å². The highest BCUT2D eigenvalue weighted by atomic mass is 16.3. The van der Waals surface area contributed by atoms with Gasteiger partial charge in [0.25, 0.3) is 0 Å². The minimum absolute atomic E-state index is 0.107. The highest BCUT2D eigenvalue weighted by Gasteiger charge is 2.40. The van der Waals surface area contributed by atoms with Gasteiger partial charge in [0.1, 0.15) is 0 Å². The minimum Gasteiger partial charge on any atom is -0.504 e. The second kappa shape index (κ2) is 3.87. The third-order valence-corrected chi connectivity index (χ3v) is 3.63. The minimum atomic E-state index is -0.430. The lowest BCUT2D eigenvalue weighted by atomic mass is 9.62. The number of phenolic OH excluding ortho intramolecular Hbond substituents is 3. The zero-order valence-electron chi connectivity index (χ0n) is 9.11. The monoisotopic (exact) mass is 223 g/mol. The molecule has 0 atom stereocenters. The molecule has 0 unspecified atom stereocenters. The Balaban J connectivity index is 2.43. The van der Waals surface area contributed by atoms with Gasteiger partial charge in [-0.15, -0.1) is 0 Å². The summed E-state index contributed by atoms with van der Waals surface area (Å²) < 4.78 is 0. The fourth-order valence-electron chi connectivity index (χ4n) is 2.53. The summed E-state index contributed by atoms with van der Waals surface area (Å²) in [4.78, 5) is 0. The number of phenols is 3. The maximum Gasteiger partial charge on any atom is 0.200 e. The Bertz CT molecular complexity index is 399. The van der Waals surface area contributed by atoms with Gasteiger partial charge >= 0.3 is 0 Å². The van der Waals surface area contributed by atoms with Gasteiger partial charge in [-0.1, -0.05) is 12.5 Å². The van der Waals surface area contributed by atoms with E-state index in [0.717, 1.165) is 25.7 Å². The number of aromatic hydroxyl groups is 3. The van der Waals surface area contributed by atoms with Gasteiger partial charge in [-0.05, 0) is 31.9 Å². The highest BCUT2D eigenvalue weighted by Crippen LogP contribution is 2.52. The van der Waals surface area contributed by atoms with Crippen molar-refractivity contribution in [3.8, 4) is 17.2 Å². The van der Waals surface area contributed by atoms with E-state index in [0.29, 0.717) is 12.1 Å². The largest absolute Gasteiger partial charge is 0.504 e. The smallest absolute Gasteiger partial charge is 0.200 e. The molecule has 16 heavy (non-hydrogen) atoms. The normalized spacial score (nSPS) is 18.1. The molecule has 5 N–H and O–H groups in total.